The van der Waals surface area contributed by atoms with Crippen LogP contribution in [-0.2, 0) is 20.8 Å². The van der Waals surface area contributed by atoms with Gasteiger partial charge in [0.05, 0.1) is 6.54 Å². The monoisotopic (exact) mass is 307 g/mol. The molecule has 1 aliphatic heterocycles. The van der Waals surface area contributed by atoms with Gasteiger partial charge in [-0.3, -0.25) is 4.90 Å². The second kappa shape index (κ2) is 5.45. The van der Waals surface area contributed by atoms with Gasteiger partial charge in [-0.15, -0.1) is 0 Å². The molecule has 0 amide bonds. The van der Waals surface area contributed by atoms with Crippen LogP contribution in [-0.4, -0.2) is 31.9 Å². The van der Waals surface area contributed by atoms with Crippen LogP contribution < -0.4 is 0 Å². The van der Waals surface area contributed by atoms with Crippen molar-refractivity contribution >= 4 is 10.1 Å². The van der Waals surface area contributed by atoms with Crippen LogP contribution in [0.2, 0.25) is 0 Å². The highest BCUT2D eigenvalue weighted by Crippen LogP contribution is 2.28. The first-order chi connectivity index (χ1) is 9.28. The topological polar surface area (TPSA) is 46.6 Å². The van der Waals surface area contributed by atoms with Crippen LogP contribution in [0.15, 0.2) is 42.2 Å². The molecule has 0 saturated carbocycles. The summed E-state index contributed by atoms with van der Waals surface area (Å²) in [7, 11) is -5.57. The van der Waals surface area contributed by atoms with Crippen molar-refractivity contribution in [1.82, 2.24) is 4.90 Å². The SMILES string of the molecule is O=S(=O)(OC1=CCN(Cc2ccccc2)C1)C(F)(F)F. The second-order valence-electron chi connectivity index (χ2n) is 4.31. The zero-order chi connectivity index (χ0) is 14.8. The fourth-order valence-corrected chi connectivity index (χ4v) is 2.29. The largest absolute Gasteiger partial charge is 0.534 e. The van der Waals surface area contributed by atoms with Gasteiger partial charge in [0.25, 0.3) is 0 Å². The zero-order valence-electron chi connectivity index (χ0n) is 10.3. The predicted molar refractivity (Wildman–Crippen MR) is 65.9 cm³/mol. The molecule has 0 aliphatic carbocycles. The molecule has 0 aromatic heterocycles. The number of halogens is 3. The lowest BCUT2D eigenvalue weighted by atomic mass is 10.2. The van der Waals surface area contributed by atoms with E-state index in [0.717, 1.165) is 5.56 Å². The number of hydrogen-bond donors (Lipinski definition) is 0. The fourth-order valence-electron chi connectivity index (χ4n) is 1.79. The first-order valence-electron chi connectivity index (χ1n) is 5.74. The van der Waals surface area contributed by atoms with Crippen LogP contribution in [0.3, 0.4) is 0 Å². The first-order valence-corrected chi connectivity index (χ1v) is 7.15. The van der Waals surface area contributed by atoms with Crippen molar-refractivity contribution in [2.24, 2.45) is 0 Å². The van der Waals surface area contributed by atoms with Crippen molar-refractivity contribution in [3.63, 3.8) is 0 Å². The van der Waals surface area contributed by atoms with Crippen LogP contribution in [0, 0.1) is 0 Å². The molecular weight excluding hydrogens is 295 g/mol. The number of rotatable bonds is 4. The molecule has 0 radical (unpaired) electrons. The molecule has 0 N–H and O–H groups in total. The van der Waals surface area contributed by atoms with Gasteiger partial charge in [0, 0.05) is 13.1 Å². The lowest BCUT2D eigenvalue weighted by molar-refractivity contribution is -0.0523. The van der Waals surface area contributed by atoms with Gasteiger partial charge < -0.3 is 4.18 Å². The molecule has 0 unspecified atom stereocenters. The maximum absolute atomic E-state index is 12.2. The Hall–Kier alpha value is -1.54. The third kappa shape index (κ3) is 3.51. The summed E-state index contributed by atoms with van der Waals surface area (Å²) >= 11 is 0. The van der Waals surface area contributed by atoms with E-state index < -0.39 is 15.6 Å². The van der Waals surface area contributed by atoms with Gasteiger partial charge in [-0.2, -0.15) is 21.6 Å². The number of benzene rings is 1. The van der Waals surface area contributed by atoms with E-state index >= 15 is 0 Å². The van der Waals surface area contributed by atoms with E-state index in [1.54, 1.807) is 4.90 Å². The Morgan fingerprint density at radius 3 is 2.45 bits per heavy atom. The number of hydrogen-bond acceptors (Lipinski definition) is 4. The smallest absolute Gasteiger partial charge is 0.379 e. The molecule has 0 saturated heterocycles. The van der Waals surface area contributed by atoms with Crippen molar-refractivity contribution in [2.75, 3.05) is 13.1 Å². The van der Waals surface area contributed by atoms with Crippen molar-refractivity contribution in [1.29, 1.82) is 0 Å². The van der Waals surface area contributed by atoms with E-state index in [9.17, 15) is 21.6 Å². The lowest BCUT2D eigenvalue weighted by Crippen LogP contribution is -2.27. The van der Waals surface area contributed by atoms with E-state index in [-0.39, 0.29) is 12.3 Å². The lowest BCUT2D eigenvalue weighted by Gasteiger charge is -2.16. The summed E-state index contributed by atoms with van der Waals surface area (Å²) in [4.78, 5) is 1.77. The summed E-state index contributed by atoms with van der Waals surface area (Å²) < 4.78 is 62.4. The van der Waals surface area contributed by atoms with Crippen molar-refractivity contribution < 1.29 is 25.8 Å². The van der Waals surface area contributed by atoms with Gasteiger partial charge in [-0.1, -0.05) is 30.3 Å². The minimum atomic E-state index is -5.57. The molecule has 110 valence electrons. The second-order valence-corrected chi connectivity index (χ2v) is 5.85. The van der Waals surface area contributed by atoms with Gasteiger partial charge in [0.15, 0.2) is 0 Å². The Bertz CT molecular complexity index is 596. The normalized spacial score (nSPS) is 17.1. The molecule has 1 aromatic rings. The Morgan fingerprint density at radius 2 is 1.85 bits per heavy atom. The van der Waals surface area contributed by atoms with Gasteiger partial charge in [-0.05, 0) is 11.6 Å². The summed E-state index contributed by atoms with van der Waals surface area (Å²) in [6.07, 6.45) is 1.34. The molecule has 1 aromatic carbocycles. The molecule has 1 aliphatic rings. The molecule has 0 bridgehead atoms. The van der Waals surface area contributed by atoms with Crippen LogP contribution in [0.5, 0.6) is 0 Å². The van der Waals surface area contributed by atoms with Crippen molar-refractivity contribution in [2.45, 2.75) is 12.1 Å². The van der Waals surface area contributed by atoms with Crippen LogP contribution >= 0.6 is 0 Å². The highest BCUT2D eigenvalue weighted by molar-refractivity contribution is 7.87. The predicted octanol–water partition coefficient (Wildman–Crippen LogP) is 2.25. The van der Waals surface area contributed by atoms with E-state index in [1.165, 1.54) is 6.08 Å². The van der Waals surface area contributed by atoms with Crippen LogP contribution in [0.1, 0.15) is 5.56 Å². The number of alkyl halides is 3. The summed E-state index contributed by atoms with van der Waals surface area (Å²) in [5.74, 6) is -0.196. The van der Waals surface area contributed by atoms with E-state index in [0.29, 0.717) is 13.1 Å². The van der Waals surface area contributed by atoms with Gasteiger partial charge in [-0.25, -0.2) is 0 Å². The molecule has 0 spiro atoms. The minimum absolute atomic E-state index is 0.0319. The first kappa shape index (κ1) is 14.9. The molecule has 1 heterocycles. The number of nitrogens with zero attached hydrogens (tertiary/aromatic N) is 1. The Balaban J connectivity index is 1.93. The van der Waals surface area contributed by atoms with Gasteiger partial charge >= 0.3 is 15.6 Å². The van der Waals surface area contributed by atoms with Crippen molar-refractivity contribution in [3.05, 3.63) is 47.7 Å². The van der Waals surface area contributed by atoms with Crippen molar-refractivity contribution in [3.8, 4) is 0 Å². The fraction of sp³-hybridized carbons (Fsp3) is 0.333. The van der Waals surface area contributed by atoms with E-state index in [4.69, 9.17) is 0 Å². The van der Waals surface area contributed by atoms with Crippen LogP contribution in [0.25, 0.3) is 0 Å². The van der Waals surface area contributed by atoms with Gasteiger partial charge in [0.2, 0.25) is 0 Å². The third-order valence-corrected chi connectivity index (χ3v) is 3.71. The highest BCUT2D eigenvalue weighted by Gasteiger charge is 2.49. The molecule has 2 rings (SSSR count). The average molecular weight is 307 g/mol. The van der Waals surface area contributed by atoms with E-state index in [1.807, 2.05) is 30.3 Å². The summed E-state index contributed by atoms with van der Waals surface area (Å²) in [6.45, 7) is 0.887. The maximum Gasteiger partial charge on any atom is 0.534 e. The highest BCUT2D eigenvalue weighted by atomic mass is 32.2. The molecule has 0 atom stereocenters. The quantitative estimate of drug-likeness (QED) is 0.632. The zero-order valence-corrected chi connectivity index (χ0v) is 11.1. The van der Waals surface area contributed by atoms with Gasteiger partial charge in [0.1, 0.15) is 5.76 Å². The van der Waals surface area contributed by atoms with Crippen LogP contribution in [0.4, 0.5) is 13.2 Å². The molecule has 8 heteroatoms. The molecule has 20 heavy (non-hydrogen) atoms. The standard InChI is InChI=1S/C12H12F3NO3S/c13-12(14,15)20(17,18)19-11-6-7-16(9-11)8-10-4-2-1-3-5-10/h1-6H,7-9H2. The Labute approximate surface area is 114 Å². The Morgan fingerprint density at radius 1 is 1.20 bits per heavy atom. The molecular formula is C12H12F3NO3S. The maximum atomic E-state index is 12.2. The minimum Gasteiger partial charge on any atom is -0.379 e. The average Bonchev–Trinajstić information content (AvgIpc) is 2.75. The van der Waals surface area contributed by atoms with E-state index in [2.05, 4.69) is 4.18 Å². The summed E-state index contributed by atoms with van der Waals surface area (Å²) in [5.41, 5.74) is -4.42. The summed E-state index contributed by atoms with van der Waals surface area (Å²) in [5, 5.41) is 0. The summed E-state index contributed by atoms with van der Waals surface area (Å²) in [6, 6.07) is 9.32. The third-order valence-electron chi connectivity index (χ3n) is 2.71. The molecule has 4 nitrogen and oxygen atoms in total. The Kier molecular flexibility index (Phi) is 4.05. The molecule has 0 fully saturated rings.